The van der Waals surface area contributed by atoms with Gasteiger partial charge in [-0.15, -0.1) is 5.10 Å². The number of ether oxygens (including phenoxy) is 1. The first-order chi connectivity index (χ1) is 10.8. The van der Waals surface area contributed by atoms with Crippen molar-refractivity contribution in [3.05, 3.63) is 60.2 Å². The number of carbonyl (C=O) groups is 2. The quantitative estimate of drug-likeness (QED) is 0.557. The van der Waals surface area contributed by atoms with Crippen LogP contribution < -0.4 is 0 Å². The van der Waals surface area contributed by atoms with Crippen LogP contribution in [0.2, 0.25) is 0 Å². The van der Waals surface area contributed by atoms with E-state index in [0.29, 0.717) is 11.4 Å². The van der Waals surface area contributed by atoms with E-state index < -0.39 is 5.97 Å². The number of ketones is 1. The number of esters is 1. The highest BCUT2D eigenvalue weighted by atomic mass is 16.5. The minimum Gasteiger partial charge on any atom is -0.454 e. The Balaban J connectivity index is 1.74. The van der Waals surface area contributed by atoms with Crippen LogP contribution in [0.4, 0.5) is 0 Å². The molecule has 3 rings (SSSR count). The molecule has 1 N–H and O–H groups in total. The summed E-state index contributed by atoms with van der Waals surface area (Å²) < 4.78 is 6.41. The molecule has 0 aliphatic heterocycles. The van der Waals surface area contributed by atoms with Crippen molar-refractivity contribution in [2.75, 3.05) is 6.61 Å². The number of carbonyl (C=O) groups excluding carboxylic acids is 2. The Morgan fingerprint density at radius 3 is 2.77 bits per heavy atom. The predicted octanol–water partition coefficient (Wildman–Crippen LogP) is 1.03. The largest absolute Gasteiger partial charge is 0.454 e. The number of aromatic amines is 1. The molecule has 1 aromatic carbocycles. The van der Waals surface area contributed by atoms with Gasteiger partial charge in [-0.2, -0.15) is 4.68 Å². The number of nitrogens with one attached hydrogen (secondary N) is 1. The number of hydrogen-bond acceptors (Lipinski definition) is 6. The lowest BCUT2D eigenvalue weighted by Crippen LogP contribution is -2.16. The first-order valence-corrected chi connectivity index (χ1v) is 6.42. The van der Waals surface area contributed by atoms with Gasteiger partial charge in [-0.1, -0.05) is 12.1 Å². The third-order valence-electron chi connectivity index (χ3n) is 2.95. The summed E-state index contributed by atoms with van der Waals surface area (Å²) in [5.41, 5.74) is 1.14. The van der Waals surface area contributed by atoms with Gasteiger partial charge >= 0.3 is 5.97 Å². The van der Waals surface area contributed by atoms with E-state index in [4.69, 9.17) is 4.74 Å². The first-order valence-electron chi connectivity index (χ1n) is 6.42. The highest BCUT2D eigenvalue weighted by Crippen LogP contribution is 2.14. The molecule has 2 aromatic heterocycles. The summed E-state index contributed by atoms with van der Waals surface area (Å²) in [5, 5.41) is 10.8. The molecule has 110 valence electrons. The molecule has 2 heterocycles. The number of rotatable bonds is 5. The molecule has 0 aliphatic carbocycles. The zero-order chi connectivity index (χ0) is 15.4. The molecule has 8 heteroatoms. The zero-order valence-corrected chi connectivity index (χ0v) is 11.3. The van der Waals surface area contributed by atoms with Crippen molar-refractivity contribution in [1.29, 1.82) is 0 Å². The average molecular weight is 297 g/mol. The van der Waals surface area contributed by atoms with Gasteiger partial charge in [-0.25, -0.2) is 4.79 Å². The van der Waals surface area contributed by atoms with Crippen molar-refractivity contribution in [3.8, 4) is 5.69 Å². The van der Waals surface area contributed by atoms with Crippen molar-refractivity contribution in [2.45, 2.75) is 0 Å². The lowest BCUT2D eigenvalue weighted by Gasteiger charge is -2.08. The normalized spacial score (nSPS) is 10.4. The molecule has 0 aliphatic rings. The standard InChI is InChI=1S/C14H11N5O3/c20-13(11-5-3-7-15-11)8-22-14(21)10-4-1-2-6-12(10)19-9-16-17-18-19/h1-7,9,15H,8H2. The molecule has 0 radical (unpaired) electrons. The summed E-state index contributed by atoms with van der Waals surface area (Å²) in [4.78, 5) is 26.7. The van der Waals surface area contributed by atoms with Gasteiger partial charge in [0.25, 0.3) is 0 Å². The fourth-order valence-electron chi connectivity index (χ4n) is 1.91. The second-order valence-corrected chi connectivity index (χ2v) is 4.35. The van der Waals surface area contributed by atoms with Gasteiger partial charge in [0.15, 0.2) is 6.61 Å². The number of hydrogen-bond donors (Lipinski definition) is 1. The van der Waals surface area contributed by atoms with Crippen molar-refractivity contribution in [2.24, 2.45) is 0 Å². The van der Waals surface area contributed by atoms with Crippen LogP contribution in [-0.4, -0.2) is 43.6 Å². The second kappa shape index (κ2) is 6.00. The number of para-hydroxylation sites is 1. The maximum atomic E-state index is 12.2. The van der Waals surface area contributed by atoms with E-state index in [0.717, 1.165) is 0 Å². The molecule has 0 atom stereocenters. The Hall–Kier alpha value is -3.29. The number of nitrogens with zero attached hydrogens (tertiary/aromatic N) is 4. The first kappa shape index (κ1) is 13.7. The maximum absolute atomic E-state index is 12.2. The van der Waals surface area contributed by atoms with Gasteiger partial charge in [-0.3, -0.25) is 4.79 Å². The average Bonchev–Trinajstić information content (AvgIpc) is 3.24. The van der Waals surface area contributed by atoms with Crippen LogP contribution in [0.3, 0.4) is 0 Å². The van der Waals surface area contributed by atoms with Crippen LogP contribution >= 0.6 is 0 Å². The number of H-pyrrole nitrogens is 1. The van der Waals surface area contributed by atoms with E-state index in [2.05, 4.69) is 20.5 Å². The number of benzene rings is 1. The summed E-state index contributed by atoms with van der Waals surface area (Å²) in [7, 11) is 0. The molecular formula is C14H11N5O3. The SMILES string of the molecule is O=C(COC(=O)c1ccccc1-n1cnnn1)c1ccc[nH]1. The highest BCUT2D eigenvalue weighted by molar-refractivity contribution is 5.99. The maximum Gasteiger partial charge on any atom is 0.340 e. The van der Waals surface area contributed by atoms with E-state index in [9.17, 15) is 9.59 Å². The molecule has 0 saturated carbocycles. The third kappa shape index (κ3) is 2.75. The molecule has 0 saturated heterocycles. The van der Waals surface area contributed by atoms with Gasteiger partial charge < -0.3 is 9.72 Å². The van der Waals surface area contributed by atoms with Crippen LogP contribution in [0.25, 0.3) is 5.69 Å². The van der Waals surface area contributed by atoms with Gasteiger partial charge in [0, 0.05) is 6.20 Å². The summed E-state index contributed by atoms with van der Waals surface area (Å²) in [5.74, 6) is -0.927. The fourth-order valence-corrected chi connectivity index (χ4v) is 1.91. The molecule has 0 bridgehead atoms. The van der Waals surface area contributed by atoms with Crippen molar-refractivity contribution >= 4 is 11.8 Å². The van der Waals surface area contributed by atoms with Gasteiger partial charge in [0.2, 0.25) is 5.78 Å². The Bertz CT molecular complexity index is 781. The van der Waals surface area contributed by atoms with E-state index in [1.807, 2.05) is 0 Å². The van der Waals surface area contributed by atoms with Crippen molar-refractivity contribution in [3.63, 3.8) is 0 Å². The monoisotopic (exact) mass is 297 g/mol. The van der Waals surface area contributed by atoms with Gasteiger partial charge in [0.1, 0.15) is 6.33 Å². The second-order valence-electron chi connectivity index (χ2n) is 4.35. The van der Waals surface area contributed by atoms with Crippen LogP contribution in [-0.2, 0) is 4.74 Å². The highest BCUT2D eigenvalue weighted by Gasteiger charge is 2.16. The molecule has 0 fully saturated rings. The number of Topliss-reactive ketones (excluding diaryl/α,β-unsaturated/α-hetero) is 1. The summed E-state index contributed by atoms with van der Waals surface area (Å²) in [6.07, 6.45) is 3.00. The van der Waals surface area contributed by atoms with Gasteiger partial charge in [-0.05, 0) is 34.7 Å². The van der Waals surface area contributed by atoms with Crippen LogP contribution in [0.1, 0.15) is 20.8 Å². The van der Waals surface area contributed by atoms with Crippen LogP contribution in [0, 0.1) is 0 Å². The molecule has 22 heavy (non-hydrogen) atoms. The lowest BCUT2D eigenvalue weighted by atomic mass is 10.2. The Morgan fingerprint density at radius 2 is 2.05 bits per heavy atom. The minimum absolute atomic E-state index is 0.272. The Labute approximate surface area is 124 Å². The van der Waals surface area contributed by atoms with E-state index >= 15 is 0 Å². The lowest BCUT2D eigenvalue weighted by molar-refractivity contribution is 0.0473. The van der Waals surface area contributed by atoms with Crippen molar-refractivity contribution < 1.29 is 14.3 Å². The van der Waals surface area contributed by atoms with Crippen LogP contribution in [0.5, 0.6) is 0 Å². The number of tetrazole rings is 1. The molecular weight excluding hydrogens is 286 g/mol. The Kier molecular flexibility index (Phi) is 3.73. The summed E-state index contributed by atoms with van der Waals surface area (Å²) in [6.45, 7) is -0.344. The van der Waals surface area contributed by atoms with E-state index in [-0.39, 0.29) is 18.0 Å². The molecule has 3 aromatic rings. The Morgan fingerprint density at radius 1 is 1.18 bits per heavy atom. The van der Waals surface area contributed by atoms with Gasteiger partial charge in [0.05, 0.1) is 16.9 Å². The van der Waals surface area contributed by atoms with E-state index in [1.54, 1.807) is 42.6 Å². The summed E-state index contributed by atoms with van der Waals surface area (Å²) >= 11 is 0. The molecule has 0 amide bonds. The van der Waals surface area contributed by atoms with E-state index in [1.165, 1.54) is 11.0 Å². The topological polar surface area (TPSA) is 103 Å². The summed E-state index contributed by atoms with van der Waals surface area (Å²) in [6, 6.07) is 10.0. The molecule has 0 spiro atoms. The smallest absolute Gasteiger partial charge is 0.340 e. The third-order valence-corrected chi connectivity index (χ3v) is 2.95. The number of aromatic nitrogens is 5. The predicted molar refractivity (Wildman–Crippen MR) is 74.6 cm³/mol. The molecule has 8 nitrogen and oxygen atoms in total. The zero-order valence-electron chi connectivity index (χ0n) is 11.3. The molecule has 0 unspecified atom stereocenters. The fraction of sp³-hybridized carbons (Fsp3) is 0.0714. The van der Waals surface area contributed by atoms with Crippen molar-refractivity contribution in [1.82, 2.24) is 25.2 Å². The minimum atomic E-state index is -0.619. The van der Waals surface area contributed by atoms with Crippen LogP contribution in [0.15, 0.2) is 48.9 Å².